The lowest BCUT2D eigenvalue weighted by Gasteiger charge is -2.16. The molecule has 108 valence electrons. The Kier molecular flexibility index (Phi) is 4.83. The van der Waals surface area contributed by atoms with Crippen LogP contribution in [0.4, 0.5) is 13.2 Å². The minimum Gasteiger partial charge on any atom is -0.382 e. The molecule has 0 aliphatic rings. The van der Waals surface area contributed by atoms with Gasteiger partial charge < -0.3 is 5.11 Å². The zero-order chi connectivity index (χ0) is 14.8. The maximum Gasteiger partial charge on any atom is 0.415 e. The number of sulfonamides is 1. The molecule has 0 fully saturated rings. The first-order valence-electron chi connectivity index (χ1n) is 5.04. The maximum absolute atomic E-state index is 12.1. The van der Waals surface area contributed by atoms with Gasteiger partial charge in [0.25, 0.3) is 0 Å². The molecule has 1 rings (SSSR count). The monoisotopic (exact) mass is 317 g/mol. The van der Waals surface area contributed by atoms with Gasteiger partial charge in [-0.2, -0.15) is 13.2 Å². The summed E-state index contributed by atoms with van der Waals surface area (Å²) < 4.78 is 61.5. The Morgan fingerprint density at radius 1 is 1.42 bits per heavy atom. The van der Waals surface area contributed by atoms with Gasteiger partial charge in [0, 0.05) is 11.6 Å². The maximum atomic E-state index is 12.1. The number of hydrogen-bond donors (Lipinski definition) is 2. The molecule has 0 heterocycles. The molecule has 0 aliphatic heterocycles. The minimum atomic E-state index is -4.88. The predicted octanol–water partition coefficient (Wildman–Crippen LogP) is 1.85. The largest absolute Gasteiger partial charge is 0.415 e. The van der Waals surface area contributed by atoms with E-state index in [0.717, 1.165) is 6.07 Å². The zero-order valence-electron chi connectivity index (χ0n) is 9.70. The van der Waals surface area contributed by atoms with E-state index in [-0.39, 0.29) is 9.92 Å². The number of aliphatic hydroxyl groups excluding tert-OH is 1. The molecule has 19 heavy (non-hydrogen) atoms. The Balaban J connectivity index is 2.91. The summed E-state index contributed by atoms with van der Waals surface area (Å²) in [7, 11) is -4.16. The van der Waals surface area contributed by atoms with E-state index < -0.39 is 28.8 Å². The highest BCUT2D eigenvalue weighted by Crippen LogP contribution is 2.22. The lowest BCUT2D eigenvalue weighted by Crippen LogP contribution is -2.40. The van der Waals surface area contributed by atoms with Gasteiger partial charge in [0.05, 0.1) is 4.90 Å². The molecule has 0 radical (unpaired) electrons. The first-order valence-corrected chi connectivity index (χ1v) is 6.91. The summed E-state index contributed by atoms with van der Waals surface area (Å²) in [5, 5.41) is 8.88. The lowest BCUT2D eigenvalue weighted by molar-refractivity contribution is -0.200. The molecule has 0 aromatic heterocycles. The first kappa shape index (κ1) is 16.2. The molecule has 0 spiro atoms. The number of hydrogen-bond acceptors (Lipinski definition) is 3. The van der Waals surface area contributed by atoms with Crippen LogP contribution in [0.2, 0.25) is 5.02 Å². The highest BCUT2D eigenvalue weighted by molar-refractivity contribution is 7.89. The molecule has 0 saturated heterocycles. The van der Waals surface area contributed by atoms with Crippen molar-refractivity contribution >= 4 is 21.6 Å². The van der Waals surface area contributed by atoms with Crippen molar-refractivity contribution in [3.63, 3.8) is 0 Å². The average molecular weight is 318 g/mol. The summed E-state index contributed by atoms with van der Waals surface area (Å²) in [6, 6.07) is 4.01. The fourth-order valence-corrected chi connectivity index (χ4v) is 2.79. The van der Waals surface area contributed by atoms with Gasteiger partial charge in [-0.05, 0) is 24.6 Å². The van der Waals surface area contributed by atoms with Crippen molar-refractivity contribution in [3.05, 3.63) is 28.8 Å². The smallest absolute Gasteiger partial charge is 0.382 e. The van der Waals surface area contributed by atoms with Crippen molar-refractivity contribution in [3.8, 4) is 0 Å². The molecule has 0 amide bonds. The molecule has 1 atom stereocenters. The highest BCUT2D eigenvalue weighted by atomic mass is 35.5. The van der Waals surface area contributed by atoms with Crippen LogP contribution in [0.1, 0.15) is 5.56 Å². The second-order valence-corrected chi connectivity index (χ2v) is 5.99. The number of nitrogens with one attached hydrogen (secondary N) is 1. The Morgan fingerprint density at radius 2 is 2.00 bits per heavy atom. The molecular weight excluding hydrogens is 307 g/mol. The quantitative estimate of drug-likeness (QED) is 0.890. The van der Waals surface area contributed by atoms with Crippen LogP contribution >= 0.6 is 11.6 Å². The van der Waals surface area contributed by atoms with Crippen LogP contribution < -0.4 is 4.72 Å². The number of halogens is 4. The summed E-state index contributed by atoms with van der Waals surface area (Å²) >= 11 is 5.64. The van der Waals surface area contributed by atoms with E-state index >= 15 is 0 Å². The number of alkyl halides is 3. The molecule has 9 heteroatoms. The molecule has 0 bridgehead atoms. The molecule has 0 aliphatic carbocycles. The van der Waals surface area contributed by atoms with Crippen molar-refractivity contribution in [2.24, 2.45) is 0 Å². The van der Waals surface area contributed by atoms with Crippen LogP contribution in [-0.4, -0.2) is 32.3 Å². The van der Waals surface area contributed by atoms with Crippen molar-refractivity contribution in [1.82, 2.24) is 4.72 Å². The van der Waals surface area contributed by atoms with Crippen LogP contribution in [0.15, 0.2) is 23.1 Å². The fourth-order valence-electron chi connectivity index (χ4n) is 1.25. The van der Waals surface area contributed by atoms with Crippen molar-refractivity contribution in [1.29, 1.82) is 0 Å². The second kappa shape index (κ2) is 5.66. The Labute approximate surface area is 113 Å². The van der Waals surface area contributed by atoms with Crippen LogP contribution in [-0.2, 0) is 10.0 Å². The summed E-state index contributed by atoms with van der Waals surface area (Å²) in [5.74, 6) is 0. The highest BCUT2D eigenvalue weighted by Gasteiger charge is 2.38. The average Bonchev–Trinajstić information content (AvgIpc) is 2.28. The normalized spacial score (nSPS) is 14.4. The Morgan fingerprint density at radius 3 is 2.53 bits per heavy atom. The van der Waals surface area contributed by atoms with E-state index in [0.29, 0.717) is 5.56 Å². The number of rotatable bonds is 4. The van der Waals surface area contributed by atoms with E-state index in [1.165, 1.54) is 19.1 Å². The minimum absolute atomic E-state index is 0.141. The van der Waals surface area contributed by atoms with Gasteiger partial charge in [-0.25, -0.2) is 13.1 Å². The third-order valence-corrected chi connectivity index (χ3v) is 4.08. The van der Waals surface area contributed by atoms with Crippen molar-refractivity contribution < 1.29 is 26.7 Å². The van der Waals surface area contributed by atoms with E-state index in [9.17, 15) is 21.6 Å². The summed E-state index contributed by atoms with van der Waals surface area (Å²) in [4.78, 5) is -0.227. The molecule has 0 saturated carbocycles. The molecule has 1 aromatic carbocycles. The molecule has 1 aromatic rings. The summed E-state index contributed by atoms with van der Waals surface area (Å²) in [5.41, 5.74) is 0.332. The Hall–Kier alpha value is -0.830. The molecule has 4 nitrogen and oxygen atoms in total. The summed E-state index contributed by atoms with van der Waals surface area (Å²) in [6.07, 6.45) is -7.65. The lowest BCUT2D eigenvalue weighted by atomic mass is 10.2. The Bertz CT molecular complexity index is 560. The van der Waals surface area contributed by atoms with E-state index in [1.807, 2.05) is 0 Å². The van der Waals surface area contributed by atoms with E-state index in [2.05, 4.69) is 0 Å². The van der Waals surface area contributed by atoms with Crippen LogP contribution in [0.5, 0.6) is 0 Å². The van der Waals surface area contributed by atoms with Crippen molar-refractivity contribution in [2.75, 3.05) is 6.54 Å². The fraction of sp³-hybridized carbons (Fsp3) is 0.400. The third-order valence-electron chi connectivity index (χ3n) is 2.28. The van der Waals surface area contributed by atoms with Crippen molar-refractivity contribution in [2.45, 2.75) is 24.1 Å². The van der Waals surface area contributed by atoms with Gasteiger partial charge in [0.15, 0.2) is 6.10 Å². The van der Waals surface area contributed by atoms with Gasteiger partial charge in [0.1, 0.15) is 0 Å². The zero-order valence-corrected chi connectivity index (χ0v) is 11.3. The van der Waals surface area contributed by atoms with Crippen LogP contribution in [0.25, 0.3) is 0 Å². The topological polar surface area (TPSA) is 66.4 Å². The molecule has 2 N–H and O–H groups in total. The van der Waals surface area contributed by atoms with Crippen LogP contribution in [0, 0.1) is 6.92 Å². The van der Waals surface area contributed by atoms with Gasteiger partial charge in [-0.3, -0.25) is 0 Å². The van der Waals surface area contributed by atoms with Crippen LogP contribution in [0.3, 0.4) is 0 Å². The number of aryl methyl sites for hydroxylation is 1. The van der Waals surface area contributed by atoms with Gasteiger partial charge >= 0.3 is 6.18 Å². The molecule has 1 unspecified atom stereocenters. The van der Waals surface area contributed by atoms with E-state index in [1.54, 1.807) is 4.72 Å². The summed E-state index contributed by atoms with van der Waals surface area (Å²) in [6.45, 7) is 0.322. The number of benzene rings is 1. The van der Waals surface area contributed by atoms with E-state index in [4.69, 9.17) is 16.7 Å². The van der Waals surface area contributed by atoms with Gasteiger partial charge in [-0.15, -0.1) is 0 Å². The first-order chi connectivity index (χ1) is 8.54. The SMILES string of the molecule is Cc1ccc(Cl)cc1S(=O)(=O)NCC(O)C(F)(F)F. The second-order valence-electron chi connectivity index (χ2n) is 3.82. The van der Waals surface area contributed by atoms with Gasteiger partial charge in [0.2, 0.25) is 10.0 Å². The predicted molar refractivity (Wildman–Crippen MR) is 63.4 cm³/mol. The number of aliphatic hydroxyl groups is 1. The standard InChI is InChI=1S/C10H11ClF3NO3S/c1-6-2-3-7(11)4-8(6)19(17,18)15-5-9(16)10(12,13)14/h2-4,9,15-16H,5H2,1H3. The molecular formula is C10H11ClF3NO3S. The third kappa shape index (κ3) is 4.34. The van der Waals surface area contributed by atoms with Gasteiger partial charge in [-0.1, -0.05) is 17.7 Å².